The molecular weight excluding hydrogens is 700 g/mol. The van der Waals surface area contributed by atoms with Crippen molar-refractivity contribution in [2.45, 2.75) is 6.61 Å². The monoisotopic (exact) mass is 715 g/mol. The van der Waals surface area contributed by atoms with E-state index < -0.39 is 5.97 Å². The highest BCUT2D eigenvalue weighted by Crippen LogP contribution is 2.31. The van der Waals surface area contributed by atoms with Crippen LogP contribution >= 0.6 is 61.1 Å². The molecule has 0 aliphatic carbocycles. The van der Waals surface area contributed by atoms with Gasteiger partial charge in [-0.2, -0.15) is 0 Å². The molecule has 0 unspecified atom stereocenters. The molecule has 0 spiro atoms. The smallest absolute Gasteiger partial charge is 0.363 e. The number of nitrogens with zero attached hydrogens (tertiary/aromatic N) is 1. The van der Waals surface area contributed by atoms with Crippen LogP contribution in [-0.4, -0.2) is 19.0 Å². The van der Waals surface area contributed by atoms with Gasteiger partial charge in [0.1, 0.15) is 6.61 Å². The molecule has 0 atom stereocenters. The van der Waals surface area contributed by atoms with E-state index in [0.717, 1.165) is 28.3 Å². The van der Waals surface area contributed by atoms with Crippen LogP contribution in [0.3, 0.4) is 0 Å². The first kappa shape index (κ1) is 23.2. The number of benzene rings is 3. The normalized spacial score (nSPS) is 14.3. The number of rotatable bonds is 6. The molecule has 0 bridgehead atoms. The Morgan fingerprint density at radius 1 is 1.06 bits per heavy atom. The first-order valence-corrected chi connectivity index (χ1v) is 12.4. The highest BCUT2D eigenvalue weighted by Gasteiger charge is 2.24. The highest BCUT2D eigenvalue weighted by atomic mass is 127. The number of cyclic esters (lactones) is 1. The lowest BCUT2D eigenvalue weighted by Crippen LogP contribution is -2.05. The first-order chi connectivity index (χ1) is 15.4. The van der Waals surface area contributed by atoms with Gasteiger partial charge in [-0.25, -0.2) is 9.79 Å². The Morgan fingerprint density at radius 3 is 2.66 bits per heavy atom. The average Bonchev–Trinajstić information content (AvgIpc) is 3.14. The van der Waals surface area contributed by atoms with Gasteiger partial charge < -0.3 is 14.2 Å². The maximum Gasteiger partial charge on any atom is 0.363 e. The summed E-state index contributed by atoms with van der Waals surface area (Å²) in [5.41, 5.74) is 2.78. The summed E-state index contributed by atoms with van der Waals surface area (Å²) in [5, 5.41) is 0. The number of carbonyl (C=O) groups is 1. The maximum absolute atomic E-state index is 12.3. The van der Waals surface area contributed by atoms with Crippen LogP contribution < -0.4 is 9.47 Å². The van der Waals surface area contributed by atoms with Crippen molar-refractivity contribution in [3.05, 3.63) is 94.7 Å². The second-order valence-electron chi connectivity index (χ2n) is 6.79. The summed E-state index contributed by atoms with van der Waals surface area (Å²) in [6.07, 6.45) is 1.67. The molecule has 0 aromatic heterocycles. The minimum Gasteiger partial charge on any atom is -0.493 e. The molecule has 1 heterocycles. The second kappa shape index (κ2) is 10.3. The largest absolute Gasteiger partial charge is 0.493 e. The van der Waals surface area contributed by atoms with Gasteiger partial charge in [-0.05, 0) is 121 Å². The van der Waals surface area contributed by atoms with Crippen molar-refractivity contribution >= 4 is 79.1 Å². The van der Waals surface area contributed by atoms with Crippen molar-refractivity contribution in [1.82, 2.24) is 0 Å². The molecule has 8 heteroatoms. The molecule has 0 radical (unpaired) electrons. The number of carbonyl (C=O) groups excluding carboxylic acids is 1. The van der Waals surface area contributed by atoms with Gasteiger partial charge in [0.2, 0.25) is 5.90 Å². The lowest BCUT2D eigenvalue weighted by atomic mass is 10.1. The van der Waals surface area contributed by atoms with E-state index in [0.29, 0.717) is 18.1 Å². The van der Waals surface area contributed by atoms with Crippen molar-refractivity contribution in [2.75, 3.05) is 7.11 Å². The Balaban J connectivity index is 1.54. The van der Waals surface area contributed by atoms with E-state index in [2.05, 4.69) is 72.2 Å². The van der Waals surface area contributed by atoms with Crippen molar-refractivity contribution in [1.29, 1.82) is 0 Å². The Kier molecular flexibility index (Phi) is 7.51. The van der Waals surface area contributed by atoms with E-state index in [1.54, 1.807) is 19.3 Å². The molecular formula is C24H16BrI2NO4. The quantitative estimate of drug-likeness (QED) is 0.164. The third-order valence-electron chi connectivity index (χ3n) is 4.56. The minimum atomic E-state index is -0.493. The van der Waals surface area contributed by atoms with Crippen molar-refractivity contribution < 1.29 is 19.0 Å². The molecule has 0 N–H and O–H groups in total. The Labute approximate surface area is 221 Å². The molecule has 3 aromatic carbocycles. The van der Waals surface area contributed by atoms with Gasteiger partial charge in [0, 0.05) is 17.2 Å². The fourth-order valence-corrected chi connectivity index (χ4v) is 4.32. The van der Waals surface area contributed by atoms with Crippen LogP contribution in [0.1, 0.15) is 16.7 Å². The zero-order chi connectivity index (χ0) is 22.7. The van der Waals surface area contributed by atoms with E-state index in [9.17, 15) is 4.79 Å². The predicted molar refractivity (Wildman–Crippen MR) is 144 cm³/mol. The SMILES string of the molecule is COc1cc(/C=C2\N=C(c3ccc(I)c(Br)c3)OC2=O)ccc1OCc1cccc(I)c1. The summed E-state index contributed by atoms with van der Waals surface area (Å²) < 4.78 is 19.9. The number of aliphatic imine (C=N–C) groups is 1. The molecule has 0 saturated carbocycles. The molecule has 162 valence electrons. The van der Waals surface area contributed by atoms with E-state index in [1.807, 2.05) is 48.5 Å². The maximum atomic E-state index is 12.3. The summed E-state index contributed by atoms with van der Waals surface area (Å²) in [6.45, 7) is 0.430. The lowest BCUT2D eigenvalue weighted by Gasteiger charge is -2.11. The Morgan fingerprint density at radius 2 is 1.91 bits per heavy atom. The summed E-state index contributed by atoms with van der Waals surface area (Å²) in [6, 6.07) is 19.3. The van der Waals surface area contributed by atoms with Gasteiger partial charge in [-0.15, -0.1) is 0 Å². The fourth-order valence-electron chi connectivity index (χ4n) is 3.00. The first-order valence-electron chi connectivity index (χ1n) is 9.46. The number of ether oxygens (including phenoxy) is 3. The molecule has 0 fully saturated rings. The third kappa shape index (κ3) is 5.52. The fraction of sp³-hybridized carbons (Fsp3) is 0.0833. The predicted octanol–water partition coefficient (Wildman–Crippen LogP) is 6.59. The zero-order valence-corrected chi connectivity index (χ0v) is 22.7. The molecule has 1 aliphatic heterocycles. The summed E-state index contributed by atoms with van der Waals surface area (Å²) in [4.78, 5) is 16.7. The summed E-state index contributed by atoms with van der Waals surface area (Å²) >= 11 is 7.98. The van der Waals surface area contributed by atoms with Gasteiger partial charge >= 0.3 is 5.97 Å². The Hall–Kier alpha value is -1.92. The molecule has 0 amide bonds. The topological polar surface area (TPSA) is 57.1 Å². The zero-order valence-electron chi connectivity index (χ0n) is 16.8. The molecule has 3 aromatic rings. The Bertz CT molecular complexity index is 1260. The van der Waals surface area contributed by atoms with E-state index >= 15 is 0 Å². The van der Waals surface area contributed by atoms with Gasteiger partial charge in [0.25, 0.3) is 0 Å². The average molecular weight is 716 g/mol. The molecule has 4 rings (SSSR count). The van der Waals surface area contributed by atoms with Crippen LogP contribution in [0, 0.1) is 7.14 Å². The number of hydrogen-bond donors (Lipinski definition) is 0. The molecule has 5 nitrogen and oxygen atoms in total. The number of hydrogen-bond acceptors (Lipinski definition) is 5. The van der Waals surface area contributed by atoms with Crippen LogP contribution in [-0.2, 0) is 16.1 Å². The van der Waals surface area contributed by atoms with E-state index in [-0.39, 0.29) is 11.6 Å². The van der Waals surface area contributed by atoms with E-state index in [4.69, 9.17) is 14.2 Å². The molecule has 1 aliphatic rings. The van der Waals surface area contributed by atoms with Crippen LogP contribution in [0.4, 0.5) is 0 Å². The van der Waals surface area contributed by atoms with Crippen molar-refractivity contribution in [2.24, 2.45) is 4.99 Å². The van der Waals surface area contributed by atoms with Gasteiger partial charge in [-0.3, -0.25) is 0 Å². The van der Waals surface area contributed by atoms with Crippen molar-refractivity contribution in [3.8, 4) is 11.5 Å². The number of methoxy groups -OCH3 is 1. The minimum absolute atomic E-state index is 0.226. The third-order valence-corrected chi connectivity index (χ3v) is 7.57. The lowest BCUT2D eigenvalue weighted by molar-refractivity contribution is -0.129. The van der Waals surface area contributed by atoms with Crippen molar-refractivity contribution in [3.63, 3.8) is 0 Å². The number of halogens is 3. The highest BCUT2D eigenvalue weighted by molar-refractivity contribution is 14.1. The number of esters is 1. The van der Waals surface area contributed by atoms with Crippen LogP contribution in [0.5, 0.6) is 11.5 Å². The van der Waals surface area contributed by atoms with Crippen LogP contribution in [0.2, 0.25) is 0 Å². The van der Waals surface area contributed by atoms with E-state index in [1.165, 1.54) is 0 Å². The van der Waals surface area contributed by atoms with Crippen LogP contribution in [0.15, 0.2) is 75.8 Å². The van der Waals surface area contributed by atoms with Gasteiger partial charge in [0.15, 0.2) is 17.2 Å². The van der Waals surface area contributed by atoms with Gasteiger partial charge in [0.05, 0.1) is 7.11 Å². The standard InChI is InChI=1S/C24H16BrI2NO4/c1-30-22-11-14(5-8-21(22)31-13-15-3-2-4-17(26)9-15)10-20-24(29)32-23(28-20)16-6-7-19(27)18(25)12-16/h2-12H,13H2,1H3/b20-10-. The van der Waals surface area contributed by atoms with Gasteiger partial charge in [-0.1, -0.05) is 18.2 Å². The summed E-state index contributed by atoms with van der Waals surface area (Å²) in [5.74, 6) is 0.980. The summed E-state index contributed by atoms with van der Waals surface area (Å²) in [7, 11) is 1.58. The second-order valence-corrected chi connectivity index (χ2v) is 10.1. The molecule has 32 heavy (non-hydrogen) atoms. The van der Waals surface area contributed by atoms with Crippen LogP contribution in [0.25, 0.3) is 6.08 Å². The molecule has 0 saturated heterocycles.